The van der Waals surface area contributed by atoms with Crippen LogP contribution in [0.5, 0.6) is 0 Å². The molecular weight excluding hydrogens is 524 g/mol. The number of carbonyl (C=O) groups is 1. The van der Waals surface area contributed by atoms with E-state index < -0.39 is 16.1 Å². The average molecular weight is 549 g/mol. The van der Waals surface area contributed by atoms with E-state index in [9.17, 15) is 13.2 Å². The largest absolute Gasteiger partial charge is 0.308 e. The minimum atomic E-state index is -3.84. The van der Waals surface area contributed by atoms with Gasteiger partial charge < -0.3 is 4.90 Å². The number of para-hydroxylation sites is 1. The van der Waals surface area contributed by atoms with Gasteiger partial charge in [-0.2, -0.15) is 4.31 Å². The number of hydrogen-bond acceptors (Lipinski definition) is 4. The highest BCUT2D eigenvalue weighted by molar-refractivity contribution is 7.99. The lowest BCUT2D eigenvalue weighted by atomic mass is 10.1. The maximum atomic E-state index is 14.1. The van der Waals surface area contributed by atoms with Gasteiger partial charge in [-0.25, -0.2) is 8.42 Å². The number of benzene rings is 4. The molecule has 37 heavy (non-hydrogen) atoms. The van der Waals surface area contributed by atoms with Crippen LogP contribution in [0.2, 0.25) is 5.02 Å². The maximum absolute atomic E-state index is 14.1. The molecule has 5 nitrogen and oxygen atoms in total. The number of carbonyl (C=O) groups excluding carboxylic acids is 1. The Morgan fingerprint density at radius 2 is 1.62 bits per heavy atom. The van der Waals surface area contributed by atoms with Crippen LogP contribution in [-0.4, -0.2) is 37.8 Å². The molecular formula is C29H25ClN2O3S2. The smallest absolute Gasteiger partial charge is 0.245 e. The van der Waals surface area contributed by atoms with Gasteiger partial charge in [-0.1, -0.05) is 66.2 Å². The maximum Gasteiger partial charge on any atom is 0.245 e. The molecule has 2 unspecified atom stereocenters. The molecule has 2 atom stereocenters. The van der Waals surface area contributed by atoms with Gasteiger partial charge in [0.1, 0.15) is 6.04 Å². The predicted octanol–water partition coefficient (Wildman–Crippen LogP) is 6.53. The van der Waals surface area contributed by atoms with Crippen molar-refractivity contribution in [2.24, 2.45) is 0 Å². The van der Waals surface area contributed by atoms with Crippen LogP contribution in [0.15, 0.2) is 101 Å². The molecule has 2 aliphatic heterocycles. The van der Waals surface area contributed by atoms with Crippen molar-refractivity contribution < 1.29 is 13.2 Å². The van der Waals surface area contributed by atoms with Gasteiger partial charge in [0, 0.05) is 23.0 Å². The van der Waals surface area contributed by atoms with Crippen molar-refractivity contribution in [1.82, 2.24) is 4.31 Å². The van der Waals surface area contributed by atoms with Gasteiger partial charge in [-0.15, -0.1) is 11.8 Å². The number of rotatable bonds is 4. The highest BCUT2D eigenvalue weighted by Crippen LogP contribution is 2.46. The van der Waals surface area contributed by atoms with Crippen LogP contribution >= 0.6 is 23.4 Å². The zero-order valence-electron chi connectivity index (χ0n) is 20.0. The fraction of sp³-hybridized carbons (Fsp3) is 0.207. The number of thioether (sulfide) groups is 1. The Labute approximate surface area is 226 Å². The van der Waals surface area contributed by atoms with Crippen LogP contribution in [0.25, 0.3) is 10.8 Å². The molecule has 0 aliphatic carbocycles. The monoisotopic (exact) mass is 548 g/mol. The minimum absolute atomic E-state index is 0.0167. The Hall–Kier alpha value is -2.84. The number of nitrogens with zero attached hydrogens (tertiary/aromatic N) is 2. The fourth-order valence-electron chi connectivity index (χ4n) is 5.21. The molecule has 0 bridgehead atoms. The Morgan fingerprint density at radius 1 is 0.892 bits per heavy atom. The molecule has 0 radical (unpaired) electrons. The lowest BCUT2D eigenvalue weighted by molar-refractivity contribution is -0.121. The van der Waals surface area contributed by atoms with Gasteiger partial charge in [-0.3, -0.25) is 4.79 Å². The molecule has 1 fully saturated rings. The van der Waals surface area contributed by atoms with Crippen LogP contribution in [0.1, 0.15) is 23.7 Å². The van der Waals surface area contributed by atoms with Gasteiger partial charge in [0.15, 0.2) is 0 Å². The summed E-state index contributed by atoms with van der Waals surface area (Å²) in [5, 5.41) is 2.52. The van der Waals surface area contributed by atoms with Gasteiger partial charge in [0.25, 0.3) is 0 Å². The normalized spacial score (nSPS) is 20.2. The molecule has 2 heterocycles. The molecule has 188 valence electrons. The van der Waals surface area contributed by atoms with Crippen molar-refractivity contribution in [1.29, 1.82) is 0 Å². The van der Waals surface area contributed by atoms with Gasteiger partial charge >= 0.3 is 0 Å². The third kappa shape index (κ3) is 4.55. The molecule has 4 aromatic carbocycles. The Morgan fingerprint density at radius 3 is 2.43 bits per heavy atom. The van der Waals surface area contributed by atoms with Gasteiger partial charge in [0.05, 0.1) is 15.8 Å². The van der Waals surface area contributed by atoms with E-state index in [0.717, 1.165) is 26.9 Å². The Balaban J connectivity index is 1.33. The van der Waals surface area contributed by atoms with Crippen molar-refractivity contribution in [2.75, 3.05) is 18.0 Å². The second-order valence-electron chi connectivity index (χ2n) is 9.36. The predicted molar refractivity (Wildman–Crippen MR) is 150 cm³/mol. The van der Waals surface area contributed by atoms with Crippen LogP contribution < -0.4 is 4.90 Å². The van der Waals surface area contributed by atoms with E-state index in [-0.39, 0.29) is 16.1 Å². The van der Waals surface area contributed by atoms with Crippen LogP contribution in [-0.2, 0) is 14.8 Å². The van der Waals surface area contributed by atoms with E-state index in [1.807, 2.05) is 78.9 Å². The van der Waals surface area contributed by atoms with Crippen molar-refractivity contribution in [2.45, 2.75) is 33.9 Å². The van der Waals surface area contributed by atoms with Gasteiger partial charge in [-0.05, 0) is 65.6 Å². The Bertz CT molecular complexity index is 1590. The lowest BCUT2D eigenvalue weighted by Crippen LogP contribution is -2.49. The van der Waals surface area contributed by atoms with E-state index in [0.29, 0.717) is 31.0 Å². The summed E-state index contributed by atoms with van der Waals surface area (Å²) in [6.07, 6.45) is 1.15. The summed E-state index contributed by atoms with van der Waals surface area (Å²) in [6.45, 7) is 0.791. The zero-order valence-corrected chi connectivity index (χ0v) is 22.3. The number of halogens is 1. The molecule has 4 aromatic rings. The summed E-state index contributed by atoms with van der Waals surface area (Å²) < 4.78 is 29.0. The molecule has 2 aliphatic rings. The van der Waals surface area contributed by atoms with Crippen molar-refractivity contribution in [3.63, 3.8) is 0 Å². The second kappa shape index (κ2) is 9.80. The number of hydrogen-bond donors (Lipinski definition) is 0. The minimum Gasteiger partial charge on any atom is -0.308 e. The van der Waals surface area contributed by atoms with E-state index in [2.05, 4.69) is 0 Å². The highest BCUT2D eigenvalue weighted by atomic mass is 35.5. The van der Waals surface area contributed by atoms with Crippen LogP contribution in [0.4, 0.5) is 5.69 Å². The number of sulfonamides is 1. The summed E-state index contributed by atoms with van der Waals surface area (Å²) in [5.41, 5.74) is 1.91. The number of anilines is 1. The molecule has 1 amide bonds. The second-order valence-corrected chi connectivity index (χ2v) is 12.9. The van der Waals surface area contributed by atoms with E-state index in [1.165, 1.54) is 4.31 Å². The first kappa shape index (κ1) is 24.5. The molecule has 6 rings (SSSR count). The van der Waals surface area contributed by atoms with Crippen molar-refractivity contribution >= 4 is 55.8 Å². The summed E-state index contributed by atoms with van der Waals surface area (Å²) in [4.78, 5) is 17.1. The first-order valence-electron chi connectivity index (χ1n) is 12.2. The van der Waals surface area contributed by atoms with Crippen molar-refractivity contribution in [3.05, 3.63) is 102 Å². The third-order valence-corrected chi connectivity index (χ3v) is 10.6. The van der Waals surface area contributed by atoms with E-state index in [4.69, 9.17) is 11.6 Å². The lowest BCUT2D eigenvalue weighted by Gasteiger charge is -2.37. The first-order valence-corrected chi connectivity index (χ1v) is 14.9. The van der Waals surface area contributed by atoms with Gasteiger partial charge in [0.2, 0.25) is 15.9 Å². The molecule has 8 heteroatoms. The molecule has 1 saturated heterocycles. The van der Waals surface area contributed by atoms with Crippen molar-refractivity contribution in [3.8, 4) is 0 Å². The molecule has 0 saturated carbocycles. The summed E-state index contributed by atoms with van der Waals surface area (Å²) in [7, 11) is -3.84. The number of amides is 1. The first-order chi connectivity index (χ1) is 17.9. The Kier molecular flexibility index (Phi) is 6.49. The van der Waals surface area contributed by atoms with Crippen LogP contribution in [0, 0.1) is 0 Å². The fourth-order valence-corrected chi connectivity index (χ4v) is 8.30. The highest BCUT2D eigenvalue weighted by Gasteiger charge is 2.43. The van der Waals surface area contributed by atoms with E-state index in [1.54, 1.807) is 28.8 Å². The SMILES string of the molecule is O=C(C1CCCN1S(=O)(=O)c1ccc2ccccc2c1)N1CC(c2ccc(Cl)cc2)Sc2ccccc21. The summed E-state index contributed by atoms with van der Waals surface area (Å²) >= 11 is 7.82. The topological polar surface area (TPSA) is 57.7 Å². The quantitative estimate of drug-likeness (QED) is 0.291. The number of fused-ring (bicyclic) bond motifs is 2. The molecule has 0 N–H and O–H groups in total. The average Bonchev–Trinajstić information content (AvgIpc) is 3.43. The molecule has 0 aromatic heterocycles. The third-order valence-electron chi connectivity index (χ3n) is 7.10. The summed E-state index contributed by atoms with van der Waals surface area (Å²) in [5.74, 6) is -0.173. The summed E-state index contributed by atoms with van der Waals surface area (Å²) in [6, 6.07) is 27.6. The standard InChI is InChI=1S/C29H25ClN2O3S2/c30-23-14-11-21(12-15-23)28-19-31(25-8-3-4-10-27(25)36-28)29(33)26-9-5-17-32(26)37(34,35)24-16-13-20-6-1-2-7-22(20)18-24/h1-4,6-8,10-16,18,26,28H,5,9,17,19H2. The van der Waals surface area contributed by atoms with E-state index >= 15 is 0 Å². The van der Waals surface area contributed by atoms with Crippen LogP contribution in [0.3, 0.4) is 0 Å². The zero-order chi connectivity index (χ0) is 25.6. The molecule has 0 spiro atoms.